The van der Waals surface area contributed by atoms with Crippen LogP contribution in [0.2, 0.25) is 0 Å². The van der Waals surface area contributed by atoms with E-state index in [1.165, 1.54) is 60.5 Å². The van der Waals surface area contributed by atoms with Crippen molar-refractivity contribution in [2.24, 2.45) is 0 Å². The van der Waals surface area contributed by atoms with Crippen LogP contribution in [0.5, 0.6) is 0 Å². The predicted molar refractivity (Wildman–Crippen MR) is 168 cm³/mol. The molecule has 0 spiro atoms. The van der Waals surface area contributed by atoms with E-state index in [4.69, 9.17) is 0 Å². The molecule has 0 aliphatic carbocycles. The van der Waals surface area contributed by atoms with Gasteiger partial charge in [0.15, 0.2) is 0 Å². The van der Waals surface area contributed by atoms with Crippen LogP contribution in [0, 0.1) is 13.8 Å². The van der Waals surface area contributed by atoms with Gasteiger partial charge in [-0.25, -0.2) is 0 Å². The standard InChI is InChI=1S/C38H28N2/c1-25-16-17-31(24-40-25)27-18-20-28(21-19-27)37-33-11-3-5-13-35(33)38(36-14-6-4-12-34(36)37)30-10-7-9-29(23-30)32-15-8-22-39-26(32)2/h3-24H,1-2H3. The summed E-state index contributed by atoms with van der Waals surface area (Å²) in [6, 6.07) is 43.8. The van der Waals surface area contributed by atoms with Crippen LogP contribution in [-0.2, 0) is 0 Å². The Bertz CT molecular complexity index is 1950. The maximum absolute atomic E-state index is 4.53. The lowest BCUT2D eigenvalue weighted by Gasteiger charge is -2.18. The van der Waals surface area contributed by atoms with Gasteiger partial charge in [-0.1, -0.05) is 103 Å². The minimum absolute atomic E-state index is 1.03. The highest BCUT2D eigenvalue weighted by molar-refractivity contribution is 6.21. The van der Waals surface area contributed by atoms with Gasteiger partial charge in [-0.05, 0) is 87.0 Å². The third-order valence-electron chi connectivity index (χ3n) is 7.82. The second-order valence-corrected chi connectivity index (χ2v) is 10.3. The number of pyridine rings is 2. The van der Waals surface area contributed by atoms with Gasteiger partial charge in [0.2, 0.25) is 0 Å². The highest BCUT2D eigenvalue weighted by atomic mass is 14.7. The number of rotatable bonds is 4. The fourth-order valence-corrected chi connectivity index (χ4v) is 5.85. The maximum Gasteiger partial charge on any atom is 0.0450 e. The van der Waals surface area contributed by atoms with E-state index in [2.05, 4.69) is 132 Å². The van der Waals surface area contributed by atoms with Crippen molar-refractivity contribution in [1.82, 2.24) is 9.97 Å². The lowest BCUT2D eigenvalue weighted by molar-refractivity contribution is 1.20. The van der Waals surface area contributed by atoms with Crippen LogP contribution in [0.1, 0.15) is 11.4 Å². The van der Waals surface area contributed by atoms with Crippen LogP contribution in [0.4, 0.5) is 0 Å². The summed E-state index contributed by atoms with van der Waals surface area (Å²) < 4.78 is 0. The number of aryl methyl sites for hydroxylation is 2. The molecule has 2 nitrogen and oxygen atoms in total. The van der Waals surface area contributed by atoms with E-state index in [0.29, 0.717) is 0 Å². The monoisotopic (exact) mass is 512 g/mol. The van der Waals surface area contributed by atoms with E-state index < -0.39 is 0 Å². The molecule has 0 aliphatic heterocycles. The molecular weight excluding hydrogens is 484 g/mol. The molecule has 0 saturated carbocycles. The number of hydrogen-bond acceptors (Lipinski definition) is 2. The minimum Gasteiger partial charge on any atom is -0.261 e. The Hall–Kier alpha value is -5.08. The third kappa shape index (κ3) is 4.15. The molecular formula is C38H28N2. The molecule has 0 unspecified atom stereocenters. The van der Waals surface area contributed by atoms with Crippen molar-refractivity contribution in [3.8, 4) is 44.5 Å². The SMILES string of the molecule is Cc1ccc(-c2ccc(-c3c4ccccc4c(-c4cccc(-c5cccnc5C)c4)c4ccccc34)cc2)cn1. The number of benzene rings is 5. The summed E-state index contributed by atoms with van der Waals surface area (Å²) in [5, 5.41) is 5.01. The number of hydrogen-bond donors (Lipinski definition) is 0. The van der Waals surface area contributed by atoms with E-state index >= 15 is 0 Å². The van der Waals surface area contributed by atoms with Crippen LogP contribution in [-0.4, -0.2) is 9.97 Å². The molecule has 0 aliphatic rings. The van der Waals surface area contributed by atoms with Gasteiger partial charge in [-0.3, -0.25) is 9.97 Å². The van der Waals surface area contributed by atoms with Crippen molar-refractivity contribution >= 4 is 21.5 Å². The summed E-state index contributed by atoms with van der Waals surface area (Å²) in [5.41, 5.74) is 11.7. The Morgan fingerprint density at radius 3 is 1.60 bits per heavy atom. The first-order valence-corrected chi connectivity index (χ1v) is 13.7. The zero-order valence-corrected chi connectivity index (χ0v) is 22.6. The zero-order valence-electron chi connectivity index (χ0n) is 22.6. The van der Waals surface area contributed by atoms with Crippen LogP contribution in [0.3, 0.4) is 0 Å². The van der Waals surface area contributed by atoms with Gasteiger partial charge in [-0.2, -0.15) is 0 Å². The van der Waals surface area contributed by atoms with Gasteiger partial charge in [-0.15, -0.1) is 0 Å². The molecule has 7 rings (SSSR count). The summed E-state index contributed by atoms with van der Waals surface area (Å²) in [6.07, 6.45) is 3.80. The Kier molecular flexibility index (Phi) is 5.94. The molecule has 0 fully saturated rings. The molecule has 0 radical (unpaired) electrons. The average Bonchev–Trinajstić information content (AvgIpc) is 3.00. The van der Waals surface area contributed by atoms with E-state index in [9.17, 15) is 0 Å². The van der Waals surface area contributed by atoms with Crippen LogP contribution >= 0.6 is 0 Å². The van der Waals surface area contributed by atoms with Crippen molar-refractivity contribution in [3.63, 3.8) is 0 Å². The molecule has 2 heteroatoms. The molecule has 0 N–H and O–H groups in total. The Labute approximate surface area is 234 Å². The van der Waals surface area contributed by atoms with Gasteiger partial charge < -0.3 is 0 Å². The Balaban J connectivity index is 1.45. The summed E-state index contributed by atoms with van der Waals surface area (Å²) in [5.74, 6) is 0. The van der Waals surface area contributed by atoms with Gasteiger partial charge in [0.1, 0.15) is 0 Å². The third-order valence-corrected chi connectivity index (χ3v) is 7.82. The molecule has 0 atom stereocenters. The number of fused-ring (bicyclic) bond motifs is 2. The van der Waals surface area contributed by atoms with Crippen molar-refractivity contribution in [2.75, 3.05) is 0 Å². The van der Waals surface area contributed by atoms with Gasteiger partial charge >= 0.3 is 0 Å². The van der Waals surface area contributed by atoms with Gasteiger partial charge in [0.25, 0.3) is 0 Å². The highest BCUT2D eigenvalue weighted by Crippen LogP contribution is 2.44. The molecule has 0 amide bonds. The Morgan fingerprint density at radius 1 is 0.425 bits per heavy atom. The first kappa shape index (κ1) is 24.0. The van der Waals surface area contributed by atoms with E-state index in [1.54, 1.807) is 0 Å². The lowest BCUT2D eigenvalue weighted by Crippen LogP contribution is -1.92. The smallest absolute Gasteiger partial charge is 0.0450 e. The molecule has 40 heavy (non-hydrogen) atoms. The first-order valence-electron chi connectivity index (χ1n) is 13.7. The Morgan fingerprint density at radius 2 is 1.00 bits per heavy atom. The molecule has 2 aromatic heterocycles. The molecule has 2 heterocycles. The van der Waals surface area contributed by atoms with Gasteiger partial charge in [0.05, 0.1) is 0 Å². The number of aromatic nitrogens is 2. The summed E-state index contributed by atoms with van der Waals surface area (Å²) in [7, 11) is 0. The van der Waals surface area contributed by atoms with Crippen molar-refractivity contribution in [1.29, 1.82) is 0 Å². The van der Waals surface area contributed by atoms with Crippen LogP contribution < -0.4 is 0 Å². The van der Waals surface area contributed by atoms with E-state index in [1.807, 2.05) is 25.4 Å². The molecule has 5 aromatic carbocycles. The molecule has 0 saturated heterocycles. The maximum atomic E-state index is 4.53. The summed E-state index contributed by atoms with van der Waals surface area (Å²) in [4.78, 5) is 9.01. The fourth-order valence-electron chi connectivity index (χ4n) is 5.85. The fraction of sp³-hybridized carbons (Fsp3) is 0.0526. The second kappa shape index (κ2) is 9.91. The van der Waals surface area contributed by atoms with Crippen LogP contribution in [0.25, 0.3) is 66.1 Å². The first-order chi connectivity index (χ1) is 19.7. The van der Waals surface area contributed by atoms with Crippen molar-refractivity contribution in [3.05, 3.63) is 145 Å². The summed E-state index contributed by atoms with van der Waals surface area (Å²) in [6.45, 7) is 4.09. The molecule has 0 bridgehead atoms. The lowest BCUT2D eigenvalue weighted by atomic mass is 9.85. The number of nitrogens with zero attached hydrogens (tertiary/aromatic N) is 2. The van der Waals surface area contributed by atoms with E-state index in [0.717, 1.165) is 17.0 Å². The van der Waals surface area contributed by atoms with Gasteiger partial charge in [0, 0.05) is 34.9 Å². The largest absolute Gasteiger partial charge is 0.261 e. The van der Waals surface area contributed by atoms with Crippen molar-refractivity contribution < 1.29 is 0 Å². The van der Waals surface area contributed by atoms with Crippen molar-refractivity contribution in [2.45, 2.75) is 13.8 Å². The summed E-state index contributed by atoms with van der Waals surface area (Å²) >= 11 is 0. The topological polar surface area (TPSA) is 25.8 Å². The molecule has 7 aromatic rings. The quantitative estimate of drug-likeness (QED) is 0.219. The predicted octanol–water partition coefficient (Wildman–Crippen LogP) is 10.1. The second-order valence-electron chi connectivity index (χ2n) is 10.3. The minimum atomic E-state index is 1.03. The normalized spacial score (nSPS) is 11.2. The molecule has 190 valence electrons. The van der Waals surface area contributed by atoms with Crippen LogP contribution in [0.15, 0.2) is 134 Å². The van der Waals surface area contributed by atoms with E-state index in [-0.39, 0.29) is 0 Å². The average molecular weight is 513 g/mol. The highest BCUT2D eigenvalue weighted by Gasteiger charge is 2.17. The zero-order chi connectivity index (χ0) is 27.1.